The number of ether oxygens (including phenoxy) is 2. The first-order valence-electron chi connectivity index (χ1n) is 11.6. The number of rotatable bonds is 9. The number of methoxy groups -OCH3 is 1. The van der Waals surface area contributed by atoms with Crippen LogP contribution in [0.2, 0.25) is 0 Å². The normalized spacial score (nSPS) is 14.3. The van der Waals surface area contributed by atoms with Gasteiger partial charge in [-0.3, -0.25) is 9.69 Å². The molecule has 5 heteroatoms. The van der Waals surface area contributed by atoms with Gasteiger partial charge in [-0.1, -0.05) is 60.7 Å². The monoisotopic (exact) mass is 444 g/mol. The molecule has 4 rings (SSSR count). The van der Waals surface area contributed by atoms with Crippen LogP contribution in [-0.4, -0.2) is 55.6 Å². The summed E-state index contributed by atoms with van der Waals surface area (Å²) in [6.45, 7) is 3.77. The summed E-state index contributed by atoms with van der Waals surface area (Å²) in [6.07, 6.45) is 1.22. The largest absolute Gasteiger partial charge is 0.497 e. The number of piperazine rings is 1. The van der Waals surface area contributed by atoms with Crippen LogP contribution in [0.4, 0.5) is 0 Å². The van der Waals surface area contributed by atoms with Crippen LogP contribution in [0.3, 0.4) is 0 Å². The first kappa shape index (κ1) is 22.9. The standard InChI is InChI=1S/C28H32N2O3/c1-32-25-14-16-26(17-15-25)33-22-8-13-27(31)29-18-20-30(21-19-29)28(23-9-4-2-5-10-23)24-11-6-3-7-12-24/h2-7,9-12,14-17,28H,8,13,18-22H2,1H3. The minimum atomic E-state index is 0.211. The molecule has 172 valence electrons. The smallest absolute Gasteiger partial charge is 0.222 e. The molecule has 1 aliphatic heterocycles. The molecule has 0 aromatic heterocycles. The van der Waals surface area contributed by atoms with E-state index in [1.165, 1.54) is 11.1 Å². The Morgan fingerprint density at radius 3 is 1.88 bits per heavy atom. The third kappa shape index (κ3) is 6.14. The van der Waals surface area contributed by atoms with Gasteiger partial charge in [0.15, 0.2) is 0 Å². The van der Waals surface area contributed by atoms with Gasteiger partial charge in [-0.05, 0) is 41.8 Å². The van der Waals surface area contributed by atoms with Gasteiger partial charge in [-0.15, -0.1) is 0 Å². The zero-order valence-corrected chi connectivity index (χ0v) is 19.2. The highest BCUT2D eigenvalue weighted by atomic mass is 16.5. The van der Waals surface area contributed by atoms with Gasteiger partial charge in [0.05, 0.1) is 19.8 Å². The Morgan fingerprint density at radius 2 is 1.33 bits per heavy atom. The fraction of sp³-hybridized carbons (Fsp3) is 0.321. The lowest BCUT2D eigenvalue weighted by Gasteiger charge is -2.40. The Balaban J connectivity index is 1.27. The third-order valence-electron chi connectivity index (χ3n) is 6.13. The molecule has 0 N–H and O–H groups in total. The number of hydrogen-bond donors (Lipinski definition) is 0. The first-order chi connectivity index (χ1) is 16.2. The maximum Gasteiger partial charge on any atom is 0.222 e. The number of amides is 1. The maximum atomic E-state index is 12.7. The van der Waals surface area contributed by atoms with Crippen LogP contribution >= 0.6 is 0 Å². The first-order valence-corrected chi connectivity index (χ1v) is 11.6. The van der Waals surface area contributed by atoms with Crippen LogP contribution < -0.4 is 9.47 Å². The van der Waals surface area contributed by atoms with E-state index in [-0.39, 0.29) is 11.9 Å². The van der Waals surface area contributed by atoms with Crippen molar-refractivity contribution in [3.05, 3.63) is 96.1 Å². The van der Waals surface area contributed by atoms with Crippen LogP contribution in [0.1, 0.15) is 30.0 Å². The van der Waals surface area contributed by atoms with E-state index in [9.17, 15) is 4.79 Å². The molecule has 5 nitrogen and oxygen atoms in total. The van der Waals surface area contributed by atoms with E-state index in [4.69, 9.17) is 9.47 Å². The molecule has 3 aromatic carbocycles. The molecule has 0 radical (unpaired) electrons. The zero-order valence-electron chi connectivity index (χ0n) is 19.2. The number of carbonyl (C=O) groups is 1. The molecule has 0 unspecified atom stereocenters. The Hall–Kier alpha value is -3.31. The Morgan fingerprint density at radius 1 is 0.788 bits per heavy atom. The van der Waals surface area contributed by atoms with E-state index in [0.29, 0.717) is 19.4 Å². The second kappa shape index (κ2) is 11.5. The van der Waals surface area contributed by atoms with E-state index in [1.807, 2.05) is 29.2 Å². The molecule has 0 spiro atoms. The summed E-state index contributed by atoms with van der Waals surface area (Å²) in [5.74, 6) is 1.81. The van der Waals surface area contributed by atoms with Crippen LogP contribution in [0, 0.1) is 0 Å². The lowest BCUT2D eigenvalue weighted by atomic mass is 9.96. The molecule has 1 aliphatic rings. The molecule has 1 heterocycles. The molecule has 1 fully saturated rings. The lowest BCUT2D eigenvalue weighted by Crippen LogP contribution is -2.49. The number of benzene rings is 3. The fourth-order valence-corrected chi connectivity index (χ4v) is 4.36. The van der Waals surface area contributed by atoms with Gasteiger partial charge in [0.1, 0.15) is 11.5 Å². The Bertz CT molecular complexity index is 945. The minimum absolute atomic E-state index is 0.211. The van der Waals surface area contributed by atoms with Crippen molar-refractivity contribution in [1.82, 2.24) is 9.80 Å². The number of nitrogens with zero attached hydrogens (tertiary/aromatic N) is 2. The zero-order chi connectivity index (χ0) is 22.9. The highest BCUT2D eigenvalue weighted by Gasteiger charge is 2.27. The van der Waals surface area contributed by atoms with Gasteiger partial charge in [0, 0.05) is 32.6 Å². The number of hydrogen-bond acceptors (Lipinski definition) is 4. The maximum absolute atomic E-state index is 12.7. The topological polar surface area (TPSA) is 42.0 Å². The predicted octanol–water partition coefficient (Wildman–Crippen LogP) is 4.79. The summed E-state index contributed by atoms with van der Waals surface area (Å²) < 4.78 is 10.9. The van der Waals surface area contributed by atoms with Gasteiger partial charge < -0.3 is 14.4 Å². The quantitative estimate of drug-likeness (QED) is 0.445. The van der Waals surface area contributed by atoms with Gasteiger partial charge in [0.25, 0.3) is 0 Å². The molecule has 1 saturated heterocycles. The highest BCUT2D eigenvalue weighted by molar-refractivity contribution is 5.76. The van der Waals surface area contributed by atoms with Crippen LogP contribution in [-0.2, 0) is 4.79 Å². The summed E-state index contributed by atoms with van der Waals surface area (Å²) in [5.41, 5.74) is 2.58. The van der Waals surface area contributed by atoms with Crippen LogP contribution in [0.15, 0.2) is 84.9 Å². The fourth-order valence-electron chi connectivity index (χ4n) is 4.36. The van der Waals surface area contributed by atoms with E-state index >= 15 is 0 Å². The van der Waals surface area contributed by atoms with Gasteiger partial charge >= 0.3 is 0 Å². The average molecular weight is 445 g/mol. The predicted molar refractivity (Wildman–Crippen MR) is 131 cm³/mol. The molecule has 3 aromatic rings. The second-order valence-corrected chi connectivity index (χ2v) is 8.27. The highest BCUT2D eigenvalue weighted by Crippen LogP contribution is 2.29. The van der Waals surface area contributed by atoms with E-state index < -0.39 is 0 Å². The Labute approximate surface area is 196 Å². The summed E-state index contributed by atoms with van der Waals surface area (Å²) in [7, 11) is 1.64. The molecule has 33 heavy (non-hydrogen) atoms. The van der Waals surface area contributed by atoms with Crippen LogP contribution in [0.25, 0.3) is 0 Å². The third-order valence-corrected chi connectivity index (χ3v) is 6.13. The molecule has 0 bridgehead atoms. The lowest BCUT2D eigenvalue weighted by molar-refractivity contribution is -0.133. The molecule has 0 atom stereocenters. The SMILES string of the molecule is COc1ccc(OCCCC(=O)N2CCN(C(c3ccccc3)c3ccccc3)CC2)cc1. The van der Waals surface area contributed by atoms with E-state index in [2.05, 4.69) is 65.6 Å². The summed E-state index contributed by atoms with van der Waals surface area (Å²) >= 11 is 0. The molecule has 1 amide bonds. The molecular weight excluding hydrogens is 412 g/mol. The van der Waals surface area contributed by atoms with E-state index in [0.717, 1.165) is 37.7 Å². The summed E-state index contributed by atoms with van der Waals surface area (Å²) in [4.78, 5) is 17.2. The molecule has 0 aliphatic carbocycles. The van der Waals surface area contributed by atoms with Crippen molar-refractivity contribution < 1.29 is 14.3 Å². The minimum Gasteiger partial charge on any atom is -0.497 e. The van der Waals surface area contributed by atoms with Crippen molar-refractivity contribution in [3.63, 3.8) is 0 Å². The van der Waals surface area contributed by atoms with Gasteiger partial charge in [-0.25, -0.2) is 0 Å². The Kier molecular flexibility index (Phi) is 7.99. The summed E-state index contributed by atoms with van der Waals surface area (Å²) in [6, 6.07) is 29.0. The van der Waals surface area contributed by atoms with Crippen molar-refractivity contribution in [2.45, 2.75) is 18.9 Å². The second-order valence-electron chi connectivity index (χ2n) is 8.27. The van der Waals surface area contributed by atoms with Gasteiger partial charge in [-0.2, -0.15) is 0 Å². The average Bonchev–Trinajstić information content (AvgIpc) is 2.89. The molecule has 0 saturated carbocycles. The van der Waals surface area contributed by atoms with Crippen molar-refractivity contribution in [3.8, 4) is 11.5 Å². The molecular formula is C28H32N2O3. The van der Waals surface area contributed by atoms with Crippen molar-refractivity contribution in [1.29, 1.82) is 0 Å². The van der Waals surface area contributed by atoms with Gasteiger partial charge in [0.2, 0.25) is 5.91 Å². The van der Waals surface area contributed by atoms with Crippen molar-refractivity contribution in [2.75, 3.05) is 39.9 Å². The van der Waals surface area contributed by atoms with Crippen molar-refractivity contribution in [2.24, 2.45) is 0 Å². The number of carbonyl (C=O) groups excluding carboxylic acids is 1. The summed E-state index contributed by atoms with van der Waals surface area (Å²) in [5, 5.41) is 0. The van der Waals surface area contributed by atoms with Crippen molar-refractivity contribution >= 4 is 5.91 Å². The van der Waals surface area contributed by atoms with E-state index in [1.54, 1.807) is 7.11 Å². The van der Waals surface area contributed by atoms with Crippen LogP contribution in [0.5, 0.6) is 11.5 Å².